The second-order valence-corrected chi connectivity index (χ2v) is 2.99. The van der Waals surface area contributed by atoms with Crippen LogP contribution in [-0.4, -0.2) is 28.2 Å². The number of aryl methyl sites for hydroxylation is 1. The molecule has 1 aromatic rings. The molecule has 0 bridgehead atoms. The van der Waals surface area contributed by atoms with Crippen molar-refractivity contribution in [3.63, 3.8) is 0 Å². The van der Waals surface area contributed by atoms with Crippen LogP contribution in [0.25, 0.3) is 0 Å². The molecular formula is C9H15N3O2. The molecule has 0 radical (unpaired) electrons. The predicted molar refractivity (Wildman–Crippen MR) is 54.4 cm³/mol. The minimum absolute atomic E-state index is 0.0156. The summed E-state index contributed by atoms with van der Waals surface area (Å²) in [6.45, 7) is 2.43. The molecule has 0 aliphatic carbocycles. The molecule has 5 heteroatoms. The Labute approximate surface area is 82.2 Å². The molecule has 0 spiro atoms. The second-order valence-electron chi connectivity index (χ2n) is 2.99. The predicted octanol–water partition coefficient (Wildman–Crippen LogP) is 0.127. The molecule has 78 valence electrons. The van der Waals surface area contributed by atoms with E-state index in [1.54, 1.807) is 0 Å². The number of rotatable bonds is 5. The third-order valence-electron chi connectivity index (χ3n) is 1.71. The van der Waals surface area contributed by atoms with E-state index >= 15 is 0 Å². The van der Waals surface area contributed by atoms with Crippen LogP contribution in [0.15, 0.2) is 10.9 Å². The van der Waals surface area contributed by atoms with E-state index in [2.05, 4.69) is 15.3 Å². The number of hydrogen-bond donors (Lipinski definition) is 3. The Bertz CT molecular complexity index is 335. The molecule has 0 aliphatic rings. The highest BCUT2D eigenvalue weighted by atomic mass is 16.3. The molecule has 0 saturated heterocycles. The van der Waals surface area contributed by atoms with E-state index in [-0.39, 0.29) is 12.2 Å². The van der Waals surface area contributed by atoms with Crippen LogP contribution in [0.3, 0.4) is 0 Å². The lowest BCUT2D eigenvalue weighted by Crippen LogP contribution is -2.16. The molecule has 0 unspecified atom stereocenters. The van der Waals surface area contributed by atoms with Crippen molar-refractivity contribution in [1.82, 2.24) is 9.97 Å². The lowest BCUT2D eigenvalue weighted by molar-refractivity contribution is 0.310. The van der Waals surface area contributed by atoms with Crippen molar-refractivity contribution in [3.8, 4) is 0 Å². The lowest BCUT2D eigenvalue weighted by atomic mass is 10.2. The Kier molecular flexibility index (Phi) is 4.12. The Hall–Kier alpha value is -1.36. The third kappa shape index (κ3) is 3.18. The van der Waals surface area contributed by atoms with Gasteiger partial charge in [-0.3, -0.25) is 9.78 Å². The van der Waals surface area contributed by atoms with E-state index in [0.717, 1.165) is 18.5 Å². The SMILES string of the molecule is CCCc1cc(=O)[nH]c(NCCO)n1. The maximum absolute atomic E-state index is 11.2. The standard InChI is InChI=1S/C9H15N3O2/c1-2-3-7-6-8(14)12-9(11-7)10-4-5-13/h6,13H,2-5H2,1H3,(H2,10,11,12,14). The largest absolute Gasteiger partial charge is 0.395 e. The molecule has 0 atom stereocenters. The first-order valence-corrected chi connectivity index (χ1v) is 4.71. The summed E-state index contributed by atoms with van der Waals surface area (Å²) in [6, 6.07) is 1.49. The van der Waals surface area contributed by atoms with Crippen LogP contribution >= 0.6 is 0 Å². The molecule has 1 rings (SSSR count). The van der Waals surface area contributed by atoms with Crippen LogP contribution in [0.1, 0.15) is 19.0 Å². The summed E-state index contributed by atoms with van der Waals surface area (Å²) in [5, 5.41) is 11.4. The van der Waals surface area contributed by atoms with Gasteiger partial charge in [-0.25, -0.2) is 4.98 Å². The van der Waals surface area contributed by atoms with Crippen LogP contribution < -0.4 is 10.9 Å². The molecule has 0 aromatic carbocycles. The molecule has 3 N–H and O–H groups in total. The fraction of sp³-hybridized carbons (Fsp3) is 0.556. The fourth-order valence-electron chi connectivity index (χ4n) is 1.15. The molecule has 0 fully saturated rings. The summed E-state index contributed by atoms with van der Waals surface area (Å²) >= 11 is 0. The number of H-pyrrole nitrogens is 1. The van der Waals surface area contributed by atoms with Gasteiger partial charge >= 0.3 is 0 Å². The van der Waals surface area contributed by atoms with E-state index in [9.17, 15) is 4.79 Å². The topological polar surface area (TPSA) is 78.0 Å². The molecule has 5 nitrogen and oxygen atoms in total. The Morgan fingerprint density at radius 2 is 2.43 bits per heavy atom. The second kappa shape index (κ2) is 5.39. The first kappa shape index (κ1) is 10.7. The van der Waals surface area contributed by atoms with Crippen molar-refractivity contribution in [2.45, 2.75) is 19.8 Å². The lowest BCUT2D eigenvalue weighted by Gasteiger charge is -2.04. The molecule has 14 heavy (non-hydrogen) atoms. The summed E-state index contributed by atoms with van der Waals surface area (Å²) in [4.78, 5) is 17.9. The number of aromatic amines is 1. The van der Waals surface area contributed by atoms with Gasteiger partial charge in [-0.15, -0.1) is 0 Å². The maximum atomic E-state index is 11.2. The van der Waals surface area contributed by atoms with Crippen molar-refractivity contribution in [3.05, 3.63) is 22.1 Å². The highest BCUT2D eigenvalue weighted by Crippen LogP contribution is 1.99. The van der Waals surface area contributed by atoms with Gasteiger partial charge in [-0.1, -0.05) is 13.3 Å². The highest BCUT2D eigenvalue weighted by molar-refractivity contribution is 5.24. The molecular weight excluding hydrogens is 182 g/mol. The summed E-state index contributed by atoms with van der Waals surface area (Å²) in [7, 11) is 0. The Morgan fingerprint density at radius 1 is 1.64 bits per heavy atom. The van der Waals surface area contributed by atoms with Crippen molar-refractivity contribution < 1.29 is 5.11 Å². The smallest absolute Gasteiger partial charge is 0.252 e. The molecule has 1 heterocycles. The molecule has 0 amide bonds. The van der Waals surface area contributed by atoms with E-state index < -0.39 is 0 Å². The quantitative estimate of drug-likeness (QED) is 0.627. The normalized spacial score (nSPS) is 10.1. The average molecular weight is 197 g/mol. The summed E-state index contributed by atoms with van der Waals surface area (Å²) in [6.07, 6.45) is 1.74. The van der Waals surface area contributed by atoms with Gasteiger partial charge in [0.1, 0.15) is 0 Å². The first-order chi connectivity index (χ1) is 6.76. The van der Waals surface area contributed by atoms with Gasteiger partial charge in [-0.05, 0) is 6.42 Å². The van der Waals surface area contributed by atoms with Gasteiger partial charge in [0, 0.05) is 18.3 Å². The molecule has 1 aromatic heterocycles. The zero-order valence-corrected chi connectivity index (χ0v) is 8.21. The number of aliphatic hydroxyl groups is 1. The zero-order chi connectivity index (χ0) is 10.4. The number of nitrogens with one attached hydrogen (secondary N) is 2. The van der Waals surface area contributed by atoms with E-state index in [1.807, 2.05) is 6.92 Å². The number of anilines is 1. The van der Waals surface area contributed by atoms with Crippen LogP contribution in [0.2, 0.25) is 0 Å². The van der Waals surface area contributed by atoms with Gasteiger partial charge in [-0.2, -0.15) is 0 Å². The fourth-order valence-corrected chi connectivity index (χ4v) is 1.15. The highest BCUT2D eigenvalue weighted by Gasteiger charge is 1.99. The van der Waals surface area contributed by atoms with E-state index in [1.165, 1.54) is 6.07 Å². The van der Waals surface area contributed by atoms with E-state index in [4.69, 9.17) is 5.11 Å². The average Bonchev–Trinajstić information content (AvgIpc) is 2.14. The van der Waals surface area contributed by atoms with Gasteiger partial charge in [0.05, 0.1) is 6.61 Å². The van der Waals surface area contributed by atoms with Crippen molar-refractivity contribution in [2.75, 3.05) is 18.5 Å². The summed E-state index contributed by atoms with van der Waals surface area (Å²) in [5.74, 6) is 0.426. The maximum Gasteiger partial charge on any atom is 0.252 e. The zero-order valence-electron chi connectivity index (χ0n) is 8.21. The van der Waals surface area contributed by atoms with E-state index in [0.29, 0.717) is 12.5 Å². The van der Waals surface area contributed by atoms with Gasteiger partial charge in [0.2, 0.25) is 5.95 Å². The molecule has 0 saturated carbocycles. The van der Waals surface area contributed by atoms with Crippen molar-refractivity contribution >= 4 is 5.95 Å². The third-order valence-corrected chi connectivity index (χ3v) is 1.71. The summed E-state index contributed by atoms with van der Waals surface area (Å²) in [5.41, 5.74) is 0.612. The Morgan fingerprint density at radius 3 is 3.07 bits per heavy atom. The minimum atomic E-state index is -0.163. The number of nitrogens with zero attached hydrogens (tertiary/aromatic N) is 1. The van der Waals surface area contributed by atoms with Crippen molar-refractivity contribution in [2.24, 2.45) is 0 Å². The number of hydrogen-bond acceptors (Lipinski definition) is 4. The van der Waals surface area contributed by atoms with Gasteiger partial charge < -0.3 is 10.4 Å². The Balaban J connectivity index is 2.78. The minimum Gasteiger partial charge on any atom is -0.395 e. The van der Waals surface area contributed by atoms with Gasteiger partial charge in [0.15, 0.2) is 0 Å². The number of aliphatic hydroxyl groups excluding tert-OH is 1. The first-order valence-electron chi connectivity index (χ1n) is 4.71. The van der Waals surface area contributed by atoms with Crippen LogP contribution in [0.5, 0.6) is 0 Å². The summed E-state index contributed by atoms with van der Waals surface area (Å²) < 4.78 is 0. The van der Waals surface area contributed by atoms with Crippen molar-refractivity contribution in [1.29, 1.82) is 0 Å². The van der Waals surface area contributed by atoms with Gasteiger partial charge in [0.25, 0.3) is 5.56 Å². The van der Waals surface area contributed by atoms with Crippen LogP contribution in [0, 0.1) is 0 Å². The monoisotopic (exact) mass is 197 g/mol. The van der Waals surface area contributed by atoms with Crippen LogP contribution in [0.4, 0.5) is 5.95 Å². The molecule has 0 aliphatic heterocycles. The van der Waals surface area contributed by atoms with Crippen LogP contribution in [-0.2, 0) is 6.42 Å². The number of aromatic nitrogens is 2.